The van der Waals surface area contributed by atoms with Crippen LogP contribution in [0.1, 0.15) is 11.3 Å². The molecule has 0 aliphatic heterocycles. The van der Waals surface area contributed by atoms with E-state index in [2.05, 4.69) is 25.9 Å². The summed E-state index contributed by atoms with van der Waals surface area (Å²) in [5, 5.41) is 22.3. The smallest absolute Gasteiger partial charge is 0.314 e. The van der Waals surface area contributed by atoms with Gasteiger partial charge in [-0.3, -0.25) is 10.7 Å². The minimum absolute atomic E-state index is 0.00835. The number of amides is 2. The summed E-state index contributed by atoms with van der Waals surface area (Å²) in [6, 6.07) is 3.99. The first-order valence-corrected chi connectivity index (χ1v) is 8.20. The van der Waals surface area contributed by atoms with Crippen molar-refractivity contribution in [2.45, 2.75) is 11.9 Å². The summed E-state index contributed by atoms with van der Waals surface area (Å²) in [5.74, 6) is 0.164. The van der Waals surface area contributed by atoms with Crippen LogP contribution in [0.25, 0.3) is 0 Å². The molecule has 4 N–H and O–H groups in total. The molecule has 0 saturated heterocycles. The number of hydrogen-bond donors (Lipinski definition) is 4. The van der Waals surface area contributed by atoms with Crippen molar-refractivity contribution in [1.82, 2.24) is 26.4 Å². The number of carbonyl (C=O) groups is 1. The molecule has 134 valence electrons. The van der Waals surface area contributed by atoms with Crippen LogP contribution in [0.3, 0.4) is 0 Å². The zero-order chi connectivity index (χ0) is 18.2. The summed E-state index contributed by atoms with van der Waals surface area (Å²) in [5.41, 5.74) is 3.00. The maximum absolute atomic E-state index is 13.3. The number of nitrogens with one attached hydrogen (secondary N) is 3. The van der Waals surface area contributed by atoms with Crippen LogP contribution in [-0.2, 0) is 0 Å². The molecule has 0 spiro atoms. The molecule has 1 aromatic carbocycles. The maximum atomic E-state index is 13.3. The van der Waals surface area contributed by atoms with E-state index in [0.717, 1.165) is 0 Å². The highest BCUT2D eigenvalue weighted by Gasteiger charge is 2.17. The van der Waals surface area contributed by atoms with Crippen molar-refractivity contribution in [3.63, 3.8) is 0 Å². The van der Waals surface area contributed by atoms with Gasteiger partial charge in [-0.1, -0.05) is 11.8 Å². The SMILES string of the molecule is CNC(=O)NCCSc1nonc1C(=Nc1ccc(F)c(C)c1)NO. The van der Waals surface area contributed by atoms with Gasteiger partial charge in [0.25, 0.3) is 0 Å². The molecule has 0 saturated carbocycles. The number of nitrogens with zero attached hydrogens (tertiary/aromatic N) is 3. The second-order valence-electron chi connectivity index (χ2n) is 4.78. The normalized spacial score (nSPS) is 11.3. The van der Waals surface area contributed by atoms with E-state index in [-0.39, 0.29) is 23.4 Å². The van der Waals surface area contributed by atoms with E-state index in [1.54, 1.807) is 6.92 Å². The lowest BCUT2D eigenvalue weighted by molar-refractivity contribution is 0.234. The minimum Gasteiger partial charge on any atom is -0.341 e. The lowest BCUT2D eigenvalue weighted by Crippen LogP contribution is -2.34. The lowest BCUT2D eigenvalue weighted by Gasteiger charge is -2.05. The van der Waals surface area contributed by atoms with Gasteiger partial charge in [0, 0.05) is 19.3 Å². The molecule has 2 rings (SSSR count). The number of rotatable bonds is 6. The van der Waals surface area contributed by atoms with E-state index < -0.39 is 0 Å². The Balaban J connectivity index is 2.10. The maximum Gasteiger partial charge on any atom is 0.314 e. The quantitative estimate of drug-likeness (QED) is 0.201. The van der Waals surface area contributed by atoms with E-state index in [1.807, 2.05) is 5.48 Å². The fourth-order valence-electron chi connectivity index (χ4n) is 1.78. The Hall–Kier alpha value is -2.66. The van der Waals surface area contributed by atoms with Crippen molar-refractivity contribution in [2.75, 3.05) is 19.3 Å². The predicted octanol–water partition coefficient (Wildman–Crippen LogP) is 1.60. The van der Waals surface area contributed by atoms with Gasteiger partial charge < -0.3 is 10.6 Å². The highest BCUT2D eigenvalue weighted by molar-refractivity contribution is 7.99. The number of aryl methyl sites for hydroxylation is 1. The van der Waals surface area contributed by atoms with E-state index in [0.29, 0.717) is 28.6 Å². The van der Waals surface area contributed by atoms with Crippen molar-refractivity contribution >= 4 is 29.3 Å². The fraction of sp³-hybridized carbons (Fsp3) is 0.286. The second kappa shape index (κ2) is 8.99. The molecule has 0 radical (unpaired) electrons. The van der Waals surface area contributed by atoms with Gasteiger partial charge in [0.15, 0.2) is 16.6 Å². The first kappa shape index (κ1) is 18.7. The molecule has 0 aliphatic carbocycles. The van der Waals surface area contributed by atoms with Gasteiger partial charge in [0.1, 0.15) is 5.82 Å². The summed E-state index contributed by atoms with van der Waals surface area (Å²) in [7, 11) is 1.52. The van der Waals surface area contributed by atoms with E-state index in [4.69, 9.17) is 4.63 Å². The number of hydrogen-bond acceptors (Lipinski definition) is 7. The minimum atomic E-state index is -0.347. The Kier molecular flexibility index (Phi) is 6.71. The van der Waals surface area contributed by atoms with Crippen LogP contribution in [0.4, 0.5) is 14.9 Å². The van der Waals surface area contributed by atoms with E-state index in [9.17, 15) is 14.4 Å². The van der Waals surface area contributed by atoms with Gasteiger partial charge in [-0.2, -0.15) is 0 Å². The molecule has 2 aromatic rings. The van der Waals surface area contributed by atoms with Crippen LogP contribution in [0.15, 0.2) is 32.8 Å². The molecule has 1 aromatic heterocycles. The Morgan fingerprint density at radius 3 is 2.92 bits per heavy atom. The zero-order valence-electron chi connectivity index (χ0n) is 13.5. The molecule has 11 heteroatoms. The Bertz CT molecular complexity index is 767. The average molecular weight is 368 g/mol. The third-order valence-electron chi connectivity index (χ3n) is 3.02. The van der Waals surface area contributed by atoms with Gasteiger partial charge >= 0.3 is 6.03 Å². The van der Waals surface area contributed by atoms with Crippen molar-refractivity contribution in [3.05, 3.63) is 35.3 Å². The lowest BCUT2D eigenvalue weighted by atomic mass is 10.2. The molecule has 0 atom stereocenters. The average Bonchev–Trinajstić information content (AvgIpc) is 3.07. The van der Waals surface area contributed by atoms with Crippen LogP contribution in [0.2, 0.25) is 0 Å². The summed E-state index contributed by atoms with van der Waals surface area (Å²) in [4.78, 5) is 15.3. The standard InChI is InChI=1S/C14H17FN6O3S/c1-8-7-9(3-4-10(8)15)18-12(19-23)11-13(21-24-20-11)25-6-5-17-14(22)16-2/h3-4,7,23H,5-6H2,1-2H3,(H,18,19)(H2,16,17,22). The number of thioether (sulfide) groups is 1. The molecule has 0 unspecified atom stereocenters. The fourth-order valence-corrected chi connectivity index (χ4v) is 2.53. The number of benzene rings is 1. The number of urea groups is 1. The predicted molar refractivity (Wildman–Crippen MR) is 89.7 cm³/mol. The van der Waals surface area contributed by atoms with Crippen molar-refractivity contribution in [2.24, 2.45) is 4.99 Å². The molecule has 25 heavy (non-hydrogen) atoms. The summed E-state index contributed by atoms with van der Waals surface area (Å²) in [6.45, 7) is 2.01. The van der Waals surface area contributed by atoms with Gasteiger partial charge in [0.05, 0.1) is 5.69 Å². The molecular weight excluding hydrogens is 351 g/mol. The van der Waals surface area contributed by atoms with Crippen LogP contribution in [0, 0.1) is 12.7 Å². The highest BCUT2D eigenvalue weighted by Crippen LogP contribution is 2.21. The third kappa shape index (κ3) is 5.16. The van der Waals surface area contributed by atoms with E-state index >= 15 is 0 Å². The first-order valence-electron chi connectivity index (χ1n) is 7.21. The number of aromatic nitrogens is 2. The van der Waals surface area contributed by atoms with Crippen molar-refractivity contribution in [3.8, 4) is 0 Å². The number of carbonyl (C=O) groups excluding carboxylic acids is 1. The van der Waals surface area contributed by atoms with Crippen LogP contribution < -0.4 is 16.1 Å². The molecule has 0 fully saturated rings. The third-order valence-corrected chi connectivity index (χ3v) is 3.97. The number of halogens is 1. The molecule has 0 bridgehead atoms. The van der Waals surface area contributed by atoms with Gasteiger partial charge in [-0.05, 0) is 41.0 Å². The zero-order valence-corrected chi connectivity index (χ0v) is 14.4. The molecule has 0 aliphatic rings. The molecular formula is C14H17FN6O3S. The largest absolute Gasteiger partial charge is 0.341 e. The monoisotopic (exact) mass is 368 g/mol. The molecule has 2 amide bonds. The van der Waals surface area contributed by atoms with Crippen molar-refractivity contribution < 1.29 is 19.0 Å². The second-order valence-corrected chi connectivity index (χ2v) is 5.86. The highest BCUT2D eigenvalue weighted by atomic mass is 32.2. The summed E-state index contributed by atoms with van der Waals surface area (Å²) < 4.78 is 18.0. The Morgan fingerprint density at radius 2 is 2.24 bits per heavy atom. The van der Waals surface area contributed by atoms with Gasteiger partial charge in [-0.25, -0.2) is 18.8 Å². The Labute approximate surface area is 147 Å². The first-order chi connectivity index (χ1) is 12.0. The van der Waals surface area contributed by atoms with Gasteiger partial charge in [-0.15, -0.1) is 0 Å². The van der Waals surface area contributed by atoms with Crippen LogP contribution in [0.5, 0.6) is 0 Å². The molecule has 9 nitrogen and oxygen atoms in total. The Morgan fingerprint density at radius 1 is 1.44 bits per heavy atom. The summed E-state index contributed by atoms with van der Waals surface area (Å²) in [6.07, 6.45) is 0. The summed E-state index contributed by atoms with van der Waals surface area (Å²) >= 11 is 1.26. The molecule has 1 heterocycles. The van der Waals surface area contributed by atoms with Crippen LogP contribution >= 0.6 is 11.8 Å². The number of aliphatic imine (C=N–C) groups is 1. The number of hydroxylamine groups is 1. The van der Waals surface area contributed by atoms with Gasteiger partial charge in [0.2, 0.25) is 0 Å². The van der Waals surface area contributed by atoms with Crippen LogP contribution in [-0.4, -0.2) is 46.7 Å². The topological polar surface area (TPSA) is 125 Å². The van der Waals surface area contributed by atoms with Crippen molar-refractivity contribution in [1.29, 1.82) is 0 Å². The van der Waals surface area contributed by atoms with E-state index in [1.165, 1.54) is 37.0 Å². The number of amidine groups is 1.